The molecule has 0 saturated carbocycles. The molecule has 25 heavy (non-hydrogen) atoms. The van der Waals surface area contributed by atoms with Crippen LogP contribution in [-0.4, -0.2) is 17.4 Å². The Kier molecular flexibility index (Phi) is 3.68. The fourth-order valence-electron chi connectivity index (χ4n) is 4.27. The Morgan fingerprint density at radius 2 is 1.80 bits per heavy atom. The highest BCUT2D eigenvalue weighted by molar-refractivity contribution is 6.04. The minimum absolute atomic E-state index is 0.174. The fraction of sp³-hybridized carbons (Fsp3) is 0.318. The van der Waals surface area contributed by atoms with E-state index in [0.29, 0.717) is 0 Å². The van der Waals surface area contributed by atoms with Gasteiger partial charge in [0.05, 0.1) is 5.41 Å². The van der Waals surface area contributed by atoms with E-state index in [0.717, 1.165) is 47.2 Å². The maximum atomic E-state index is 13.6. The van der Waals surface area contributed by atoms with Crippen LogP contribution in [0.5, 0.6) is 0 Å². The number of aromatic amines is 1. The Hall–Kier alpha value is -2.55. The number of nitrogens with zero attached hydrogens (tertiary/aromatic N) is 1. The molecule has 4 rings (SSSR count). The van der Waals surface area contributed by atoms with Crippen molar-refractivity contribution in [1.82, 2.24) is 4.98 Å². The van der Waals surface area contributed by atoms with Crippen LogP contribution in [0, 0.1) is 6.92 Å². The molecule has 1 N–H and O–H groups in total. The van der Waals surface area contributed by atoms with Gasteiger partial charge in [0.2, 0.25) is 5.91 Å². The van der Waals surface area contributed by atoms with Gasteiger partial charge in [-0.15, -0.1) is 0 Å². The molecule has 0 saturated heterocycles. The Bertz CT molecular complexity index is 952. The van der Waals surface area contributed by atoms with E-state index in [2.05, 4.69) is 56.1 Å². The van der Waals surface area contributed by atoms with Gasteiger partial charge in [0.1, 0.15) is 0 Å². The first-order valence-electron chi connectivity index (χ1n) is 8.98. The van der Waals surface area contributed by atoms with Crippen LogP contribution in [0.1, 0.15) is 37.1 Å². The maximum Gasteiger partial charge on any atom is 0.237 e. The average molecular weight is 332 g/mol. The summed E-state index contributed by atoms with van der Waals surface area (Å²) in [4.78, 5) is 19.0. The Labute approximate surface area is 148 Å². The summed E-state index contributed by atoms with van der Waals surface area (Å²) in [5.74, 6) is 0.174. The number of carbonyl (C=O) groups is 1. The van der Waals surface area contributed by atoms with E-state index in [1.54, 1.807) is 0 Å². The van der Waals surface area contributed by atoms with Gasteiger partial charge in [0.25, 0.3) is 0 Å². The van der Waals surface area contributed by atoms with E-state index in [1.807, 2.05) is 23.1 Å². The molecule has 1 aromatic heterocycles. The number of anilines is 1. The molecule has 2 aromatic carbocycles. The van der Waals surface area contributed by atoms with Gasteiger partial charge in [-0.1, -0.05) is 36.4 Å². The molecule has 0 spiro atoms. The van der Waals surface area contributed by atoms with Crippen molar-refractivity contribution in [2.75, 3.05) is 11.4 Å². The van der Waals surface area contributed by atoms with Gasteiger partial charge < -0.3 is 9.88 Å². The normalized spacial score (nSPS) is 14.6. The van der Waals surface area contributed by atoms with E-state index in [9.17, 15) is 4.79 Å². The van der Waals surface area contributed by atoms with Gasteiger partial charge in [-0.2, -0.15) is 0 Å². The van der Waals surface area contributed by atoms with Crippen LogP contribution in [-0.2, 0) is 16.6 Å². The van der Waals surface area contributed by atoms with Crippen molar-refractivity contribution in [2.45, 2.75) is 39.0 Å². The minimum atomic E-state index is -0.589. The third-order valence-electron chi connectivity index (χ3n) is 5.41. The number of hydrogen-bond acceptors (Lipinski definition) is 1. The van der Waals surface area contributed by atoms with Crippen LogP contribution in [0.2, 0.25) is 0 Å². The van der Waals surface area contributed by atoms with Crippen molar-refractivity contribution in [1.29, 1.82) is 0 Å². The molecule has 0 aliphatic carbocycles. The minimum Gasteiger partial charge on any atom is -0.358 e. The number of rotatable bonds is 2. The summed E-state index contributed by atoms with van der Waals surface area (Å²) in [6.07, 6.45) is 2.07. The van der Waals surface area contributed by atoms with E-state index < -0.39 is 5.41 Å². The van der Waals surface area contributed by atoms with Crippen molar-refractivity contribution in [3.05, 3.63) is 65.4 Å². The number of nitrogens with one attached hydrogen (secondary N) is 1. The van der Waals surface area contributed by atoms with Gasteiger partial charge in [0.15, 0.2) is 0 Å². The number of hydrogen-bond donors (Lipinski definition) is 1. The Morgan fingerprint density at radius 3 is 2.64 bits per heavy atom. The fourth-order valence-corrected chi connectivity index (χ4v) is 4.27. The number of para-hydroxylation sites is 2. The standard InChI is InChI=1S/C22H24N2O/c1-15-20(17-11-5-6-12-18(17)23-15)22(2,3)21(25)24-14-8-10-16-9-4-7-13-19(16)24/h4-7,9,11-13,23H,8,10,14H2,1-3H3. The van der Waals surface area contributed by atoms with E-state index >= 15 is 0 Å². The van der Waals surface area contributed by atoms with Gasteiger partial charge in [0, 0.05) is 28.8 Å². The molecule has 0 fully saturated rings. The topological polar surface area (TPSA) is 36.1 Å². The van der Waals surface area contributed by atoms with Crippen molar-refractivity contribution in [3.8, 4) is 0 Å². The molecule has 0 radical (unpaired) electrons. The van der Waals surface area contributed by atoms with Gasteiger partial charge in [-0.05, 0) is 56.9 Å². The van der Waals surface area contributed by atoms with E-state index in [1.165, 1.54) is 5.56 Å². The Morgan fingerprint density at radius 1 is 1.08 bits per heavy atom. The van der Waals surface area contributed by atoms with Crippen LogP contribution in [0.25, 0.3) is 10.9 Å². The molecule has 0 bridgehead atoms. The molecular formula is C22H24N2O. The summed E-state index contributed by atoms with van der Waals surface area (Å²) in [6.45, 7) is 6.96. The average Bonchev–Trinajstić information content (AvgIpc) is 2.97. The number of aryl methyl sites for hydroxylation is 2. The second kappa shape index (κ2) is 5.76. The zero-order valence-corrected chi connectivity index (χ0v) is 15.1. The zero-order valence-electron chi connectivity index (χ0n) is 15.1. The first-order chi connectivity index (χ1) is 12.0. The van der Waals surface area contributed by atoms with Crippen LogP contribution < -0.4 is 4.90 Å². The molecule has 3 nitrogen and oxygen atoms in total. The number of amides is 1. The molecule has 1 aliphatic heterocycles. The number of benzene rings is 2. The summed E-state index contributed by atoms with van der Waals surface area (Å²) in [5.41, 5.74) is 5.03. The second-order valence-corrected chi connectivity index (χ2v) is 7.48. The van der Waals surface area contributed by atoms with Crippen LogP contribution >= 0.6 is 0 Å². The summed E-state index contributed by atoms with van der Waals surface area (Å²) in [6, 6.07) is 16.5. The van der Waals surface area contributed by atoms with Gasteiger partial charge in [-0.3, -0.25) is 4.79 Å². The summed E-state index contributed by atoms with van der Waals surface area (Å²) in [5, 5.41) is 1.14. The van der Waals surface area contributed by atoms with Crippen molar-refractivity contribution < 1.29 is 4.79 Å². The van der Waals surface area contributed by atoms with Crippen molar-refractivity contribution >= 4 is 22.5 Å². The predicted octanol–water partition coefficient (Wildman–Crippen LogP) is 4.73. The van der Waals surface area contributed by atoms with Gasteiger partial charge in [-0.25, -0.2) is 0 Å². The second-order valence-electron chi connectivity index (χ2n) is 7.48. The number of fused-ring (bicyclic) bond motifs is 2. The molecule has 1 amide bonds. The van der Waals surface area contributed by atoms with Crippen LogP contribution in [0.15, 0.2) is 48.5 Å². The molecular weight excluding hydrogens is 308 g/mol. The first kappa shape index (κ1) is 15.9. The highest BCUT2D eigenvalue weighted by atomic mass is 16.2. The number of aromatic nitrogens is 1. The molecule has 3 aromatic rings. The lowest BCUT2D eigenvalue weighted by atomic mass is 9.80. The number of carbonyl (C=O) groups excluding carboxylic acids is 1. The van der Waals surface area contributed by atoms with Crippen LogP contribution in [0.4, 0.5) is 5.69 Å². The molecule has 1 aliphatic rings. The summed E-state index contributed by atoms with van der Waals surface area (Å²) >= 11 is 0. The highest BCUT2D eigenvalue weighted by Crippen LogP contribution is 2.37. The molecule has 0 unspecified atom stereocenters. The summed E-state index contributed by atoms with van der Waals surface area (Å²) in [7, 11) is 0. The van der Waals surface area contributed by atoms with Gasteiger partial charge >= 0.3 is 0 Å². The van der Waals surface area contributed by atoms with E-state index in [4.69, 9.17) is 0 Å². The maximum absolute atomic E-state index is 13.6. The van der Waals surface area contributed by atoms with Crippen molar-refractivity contribution in [2.24, 2.45) is 0 Å². The van der Waals surface area contributed by atoms with E-state index in [-0.39, 0.29) is 5.91 Å². The smallest absolute Gasteiger partial charge is 0.237 e. The molecule has 3 heteroatoms. The largest absolute Gasteiger partial charge is 0.358 e. The lowest BCUT2D eigenvalue weighted by molar-refractivity contribution is -0.123. The van der Waals surface area contributed by atoms with Crippen molar-refractivity contribution in [3.63, 3.8) is 0 Å². The molecule has 0 atom stereocenters. The quantitative estimate of drug-likeness (QED) is 0.723. The Balaban J connectivity index is 1.81. The van der Waals surface area contributed by atoms with Crippen LogP contribution in [0.3, 0.4) is 0 Å². The number of H-pyrrole nitrogens is 1. The third-order valence-corrected chi connectivity index (χ3v) is 5.41. The summed E-state index contributed by atoms with van der Waals surface area (Å²) < 4.78 is 0. The lowest BCUT2D eigenvalue weighted by Crippen LogP contribution is -2.46. The lowest BCUT2D eigenvalue weighted by Gasteiger charge is -2.36. The molecule has 2 heterocycles. The predicted molar refractivity (Wildman–Crippen MR) is 103 cm³/mol. The molecule has 128 valence electrons. The third kappa shape index (κ3) is 2.46. The first-order valence-corrected chi connectivity index (χ1v) is 8.98. The SMILES string of the molecule is Cc1[nH]c2ccccc2c1C(C)(C)C(=O)N1CCCc2ccccc21. The highest BCUT2D eigenvalue weighted by Gasteiger charge is 2.38. The monoisotopic (exact) mass is 332 g/mol. The zero-order chi connectivity index (χ0) is 17.6.